The van der Waals surface area contributed by atoms with Crippen molar-refractivity contribution in [2.45, 2.75) is 149 Å². The summed E-state index contributed by atoms with van der Waals surface area (Å²) in [6.07, 6.45) is 9.62. The highest BCUT2D eigenvalue weighted by molar-refractivity contribution is 5.70. The van der Waals surface area contributed by atoms with Gasteiger partial charge in [0.2, 0.25) is 0 Å². The lowest BCUT2D eigenvalue weighted by Gasteiger charge is -2.33. The average Bonchev–Trinajstić information content (AvgIpc) is 3.89. The molecule has 12 nitrogen and oxygen atoms in total. The van der Waals surface area contributed by atoms with E-state index in [1.54, 1.807) is 13.0 Å². The molecule has 0 amide bonds. The van der Waals surface area contributed by atoms with Crippen molar-refractivity contribution in [3.05, 3.63) is 36.0 Å². The van der Waals surface area contributed by atoms with Gasteiger partial charge in [0.1, 0.15) is 17.8 Å². The Labute approximate surface area is 325 Å². The highest BCUT2D eigenvalue weighted by Gasteiger charge is 2.48. The van der Waals surface area contributed by atoms with Gasteiger partial charge in [-0.25, -0.2) is 0 Å². The van der Waals surface area contributed by atoms with Gasteiger partial charge < -0.3 is 47.7 Å². The van der Waals surface area contributed by atoms with E-state index in [4.69, 9.17) is 42.6 Å². The van der Waals surface area contributed by atoms with E-state index in [9.17, 15) is 14.7 Å². The Bertz CT molecular complexity index is 1170. The summed E-state index contributed by atoms with van der Waals surface area (Å²) < 4.78 is 52.9. The number of cyclic esters (lactones) is 1. The normalized spacial score (nSPS) is 29.8. The van der Waals surface area contributed by atoms with Crippen molar-refractivity contribution in [1.29, 1.82) is 0 Å². The van der Waals surface area contributed by atoms with Gasteiger partial charge in [0.05, 0.1) is 76.1 Å². The molecule has 12 heteroatoms. The zero-order valence-electron chi connectivity index (χ0n) is 34.8. The maximum Gasteiger partial charge on any atom is 0.309 e. The average molecular weight is 769 g/mol. The van der Waals surface area contributed by atoms with Crippen molar-refractivity contribution in [1.82, 2.24) is 0 Å². The van der Waals surface area contributed by atoms with Crippen LogP contribution in [0, 0.1) is 11.8 Å². The van der Waals surface area contributed by atoms with Crippen molar-refractivity contribution in [2.24, 2.45) is 11.8 Å². The van der Waals surface area contributed by atoms with Gasteiger partial charge in [-0.2, -0.15) is 0 Å². The Balaban J connectivity index is 2.30. The molecule has 2 rings (SSSR count). The van der Waals surface area contributed by atoms with Gasteiger partial charge in [0, 0.05) is 45.0 Å². The van der Waals surface area contributed by atoms with E-state index in [1.807, 2.05) is 65.8 Å². The van der Waals surface area contributed by atoms with Gasteiger partial charge in [-0.3, -0.25) is 9.59 Å². The third-order valence-electron chi connectivity index (χ3n) is 10.0. The number of carbonyl (C=O) groups excluding carboxylic acids is 2. The van der Waals surface area contributed by atoms with Gasteiger partial charge in [-0.15, -0.1) is 0 Å². The fourth-order valence-electron chi connectivity index (χ4n) is 6.77. The fourth-order valence-corrected chi connectivity index (χ4v) is 6.77. The van der Waals surface area contributed by atoms with Crippen LogP contribution in [0.1, 0.15) is 101 Å². The number of aliphatic hydroxyl groups is 1. The second-order valence-corrected chi connectivity index (χ2v) is 14.8. The minimum Gasteiger partial charge on any atom is -0.457 e. The highest BCUT2D eigenvalue weighted by Crippen LogP contribution is 2.39. The quantitative estimate of drug-likeness (QED) is 0.0387. The first-order valence-electron chi connectivity index (χ1n) is 20.1. The van der Waals surface area contributed by atoms with Crippen molar-refractivity contribution < 1.29 is 57.3 Å². The molecule has 10 atom stereocenters. The Kier molecular flexibility index (Phi) is 22.4. The van der Waals surface area contributed by atoms with Crippen LogP contribution < -0.4 is 0 Å². The monoisotopic (exact) mass is 769 g/mol. The number of carbonyl (C=O) groups is 2. The lowest BCUT2D eigenvalue weighted by atomic mass is 9.88. The number of esters is 2. The SMILES string of the molecule is CCOCCOC1CCC(C)(O)C(OC(C)=O)/C=C/C(C)C(/C(C)=C/C=C/C(C)(CC2OC2C(C)C(CC)OCCOCC)OCCOCC)OC(=O)C1. The molecule has 54 heavy (non-hydrogen) atoms. The Hall–Kier alpha value is -2.16. The van der Waals surface area contributed by atoms with Crippen molar-refractivity contribution >= 4 is 11.9 Å². The molecule has 0 radical (unpaired) electrons. The molecule has 0 aromatic rings. The van der Waals surface area contributed by atoms with Crippen LogP contribution in [0.3, 0.4) is 0 Å². The molecule has 0 spiro atoms. The lowest BCUT2D eigenvalue weighted by Crippen LogP contribution is -2.42. The lowest BCUT2D eigenvalue weighted by molar-refractivity contribution is -0.158. The molecule has 0 saturated carbocycles. The van der Waals surface area contributed by atoms with E-state index < -0.39 is 41.5 Å². The highest BCUT2D eigenvalue weighted by atomic mass is 16.6. The standard InChI is InChI=1S/C42H72O12/c1-11-35(50-26-23-47-13-3)32(7)40-36(53-40)29-41(9,51-27-24-48-14-4)20-15-16-30(5)39-31(6)17-18-37(52-33(8)43)42(10,45)21-19-34(28-38(44)54-39)49-25-22-46-12-2/h15-18,20,31-32,34-37,39-40,45H,11-14,19,21-29H2,1-10H3/b18-17+,20-15+,30-16+. The molecule has 10 unspecified atom stereocenters. The summed E-state index contributed by atoms with van der Waals surface area (Å²) in [7, 11) is 0. The number of hydrogen-bond donors (Lipinski definition) is 1. The van der Waals surface area contributed by atoms with Crippen LogP contribution in [-0.2, 0) is 52.2 Å². The van der Waals surface area contributed by atoms with Gasteiger partial charge in [-0.05, 0) is 72.5 Å². The molecule has 312 valence electrons. The summed E-state index contributed by atoms with van der Waals surface area (Å²) in [6.45, 7) is 23.5. The van der Waals surface area contributed by atoms with Crippen LogP contribution in [0.15, 0.2) is 36.0 Å². The number of ether oxygens (including phenoxy) is 9. The summed E-state index contributed by atoms with van der Waals surface area (Å²) in [5.41, 5.74) is -1.24. The zero-order chi connectivity index (χ0) is 40.1. The van der Waals surface area contributed by atoms with E-state index in [0.29, 0.717) is 72.3 Å². The van der Waals surface area contributed by atoms with Crippen LogP contribution in [0.5, 0.6) is 0 Å². The number of allylic oxidation sites excluding steroid dienone is 2. The van der Waals surface area contributed by atoms with Crippen LogP contribution >= 0.6 is 0 Å². The summed E-state index contributed by atoms with van der Waals surface area (Å²) >= 11 is 0. The van der Waals surface area contributed by atoms with Crippen molar-refractivity contribution in [2.75, 3.05) is 59.5 Å². The molecule has 0 aliphatic carbocycles. The minimum absolute atomic E-state index is 0.000341. The van der Waals surface area contributed by atoms with Gasteiger partial charge in [0.25, 0.3) is 0 Å². The summed E-state index contributed by atoms with van der Waals surface area (Å²) in [5.74, 6) is -1.01. The molecule has 1 fully saturated rings. The van der Waals surface area contributed by atoms with Crippen LogP contribution in [0.4, 0.5) is 0 Å². The summed E-state index contributed by atoms with van der Waals surface area (Å²) in [6, 6.07) is 0. The Morgan fingerprint density at radius 1 is 1.02 bits per heavy atom. The summed E-state index contributed by atoms with van der Waals surface area (Å²) in [5, 5.41) is 11.4. The number of rotatable bonds is 24. The Morgan fingerprint density at radius 3 is 2.30 bits per heavy atom. The zero-order valence-corrected chi connectivity index (χ0v) is 34.8. The smallest absolute Gasteiger partial charge is 0.309 e. The minimum atomic E-state index is -1.39. The molecule has 1 saturated heterocycles. The predicted octanol–water partition coefficient (Wildman–Crippen LogP) is 6.32. The van der Waals surface area contributed by atoms with Crippen LogP contribution in [0.25, 0.3) is 0 Å². The van der Waals surface area contributed by atoms with E-state index in [-0.39, 0.29) is 43.0 Å². The molecule has 2 aliphatic rings. The van der Waals surface area contributed by atoms with E-state index in [2.05, 4.69) is 13.8 Å². The first-order valence-corrected chi connectivity index (χ1v) is 20.1. The van der Waals surface area contributed by atoms with Crippen molar-refractivity contribution in [3.8, 4) is 0 Å². The summed E-state index contributed by atoms with van der Waals surface area (Å²) in [4.78, 5) is 25.4. The first kappa shape index (κ1) is 48.0. The molecule has 2 aliphatic heterocycles. The van der Waals surface area contributed by atoms with Crippen molar-refractivity contribution in [3.63, 3.8) is 0 Å². The molecule has 2 heterocycles. The topological polar surface area (TPSA) is 141 Å². The number of epoxide rings is 1. The second kappa shape index (κ2) is 25.2. The van der Waals surface area contributed by atoms with Crippen LogP contribution in [0.2, 0.25) is 0 Å². The fraction of sp³-hybridized carbons (Fsp3) is 0.810. The third kappa shape index (κ3) is 17.7. The Morgan fingerprint density at radius 2 is 1.67 bits per heavy atom. The van der Waals surface area contributed by atoms with E-state index >= 15 is 0 Å². The largest absolute Gasteiger partial charge is 0.457 e. The van der Waals surface area contributed by atoms with E-state index in [1.165, 1.54) is 6.92 Å². The maximum atomic E-state index is 13.4. The number of hydrogen-bond acceptors (Lipinski definition) is 12. The first-order chi connectivity index (χ1) is 25.7. The molecular weight excluding hydrogens is 696 g/mol. The van der Waals surface area contributed by atoms with Crippen LogP contribution in [-0.4, -0.2) is 124 Å². The van der Waals surface area contributed by atoms with Gasteiger partial charge in [-0.1, -0.05) is 45.1 Å². The molecule has 0 bridgehead atoms. The molecule has 0 aromatic carbocycles. The maximum absolute atomic E-state index is 13.4. The van der Waals surface area contributed by atoms with Gasteiger partial charge in [0.15, 0.2) is 0 Å². The van der Waals surface area contributed by atoms with Gasteiger partial charge >= 0.3 is 11.9 Å². The predicted molar refractivity (Wildman–Crippen MR) is 207 cm³/mol. The second-order valence-electron chi connectivity index (χ2n) is 14.8. The third-order valence-corrected chi connectivity index (χ3v) is 10.0. The molecular formula is C42H72O12. The molecule has 0 aromatic heterocycles. The molecule has 1 N–H and O–H groups in total. The van der Waals surface area contributed by atoms with E-state index in [0.717, 1.165) is 12.0 Å².